The van der Waals surface area contributed by atoms with E-state index in [9.17, 15) is 9.59 Å². The number of hydrogen-bond acceptors (Lipinski definition) is 4. The number of benzene rings is 1. The highest BCUT2D eigenvalue weighted by atomic mass is 79.9. The van der Waals surface area contributed by atoms with Gasteiger partial charge in [-0.15, -0.1) is 11.3 Å². The molecule has 0 radical (unpaired) electrons. The molecule has 1 aromatic carbocycles. The lowest BCUT2D eigenvalue weighted by Gasteiger charge is -2.27. The molecule has 2 aromatic rings. The zero-order chi connectivity index (χ0) is 19.9. The summed E-state index contributed by atoms with van der Waals surface area (Å²) in [5.74, 6) is -0.198. The molecule has 2 atom stereocenters. The van der Waals surface area contributed by atoms with E-state index in [4.69, 9.17) is 0 Å². The summed E-state index contributed by atoms with van der Waals surface area (Å²) in [4.78, 5) is 28.0. The molecule has 1 aromatic heterocycles. The Balaban J connectivity index is 1.62. The van der Waals surface area contributed by atoms with Crippen molar-refractivity contribution in [2.24, 2.45) is 0 Å². The summed E-state index contributed by atoms with van der Waals surface area (Å²) in [7, 11) is 0. The van der Waals surface area contributed by atoms with Crippen molar-refractivity contribution in [3.63, 3.8) is 0 Å². The van der Waals surface area contributed by atoms with Gasteiger partial charge in [-0.05, 0) is 55.1 Å². The number of nitrogens with zero attached hydrogens (tertiary/aromatic N) is 1. The van der Waals surface area contributed by atoms with Crippen LogP contribution in [0.1, 0.15) is 48.7 Å². The van der Waals surface area contributed by atoms with Crippen molar-refractivity contribution in [3.05, 3.63) is 56.7 Å². The van der Waals surface area contributed by atoms with Crippen LogP contribution in [-0.2, 0) is 9.59 Å². The standard InChI is InChI=1S/C21H26BrN3O2S/c1-15(26)24-18(16-6-8-17(22)9-7-16)13-21(27)23-14-19(20-5-4-12-28-20)25-10-2-3-11-25/h4-9,12,18-19H,2-3,10-11,13-14H2,1H3,(H,23,27)(H,24,26). The first kappa shape index (κ1) is 21.0. The zero-order valence-corrected chi connectivity index (χ0v) is 18.4. The summed E-state index contributed by atoms with van der Waals surface area (Å²) < 4.78 is 0.965. The van der Waals surface area contributed by atoms with Crippen LogP contribution < -0.4 is 10.6 Å². The molecule has 2 amide bonds. The van der Waals surface area contributed by atoms with Crippen molar-refractivity contribution in [3.8, 4) is 0 Å². The molecule has 1 aliphatic heterocycles. The quantitative estimate of drug-likeness (QED) is 0.620. The highest BCUT2D eigenvalue weighted by Gasteiger charge is 2.25. The highest BCUT2D eigenvalue weighted by molar-refractivity contribution is 9.10. The number of halogens is 1. The minimum atomic E-state index is -0.336. The van der Waals surface area contributed by atoms with Crippen molar-refractivity contribution in [2.75, 3.05) is 19.6 Å². The van der Waals surface area contributed by atoms with Gasteiger partial charge in [-0.25, -0.2) is 0 Å². The van der Waals surface area contributed by atoms with Crippen molar-refractivity contribution in [1.29, 1.82) is 0 Å². The van der Waals surface area contributed by atoms with Gasteiger partial charge in [0.15, 0.2) is 0 Å². The van der Waals surface area contributed by atoms with Crippen LogP contribution in [0.25, 0.3) is 0 Å². The average molecular weight is 464 g/mol. The molecule has 1 saturated heterocycles. The molecule has 3 rings (SSSR count). The first-order valence-electron chi connectivity index (χ1n) is 9.59. The molecule has 0 saturated carbocycles. The predicted molar refractivity (Wildman–Crippen MR) is 116 cm³/mol. The Labute approximate surface area is 178 Å². The first-order chi connectivity index (χ1) is 13.5. The minimum absolute atomic E-state index is 0.0533. The number of likely N-dealkylation sites (tertiary alicyclic amines) is 1. The molecule has 0 bridgehead atoms. The second-order valence-corrected chi connectivity index (χ2v) is 8.98. The van der Waals surface area contributed by atoms with E-state index in [1.165, 1.54) is 24.6 Å². The fourth-order valence-electron chi connectivity index (χ4n) is 3.60. The van der Waals surface area contributed by atoms with Crippen molar-refractivity contribution < 1.29 is 9.59 Å². The van der Waals surface area contributed by atoms with Crippen molar-refractivity contribution in [1.82, 2.24) is 15.5 Å². The summed E-state index contributed by atoms with van der Waals surface area (Å²) in [6.45, 7) is 4.22. The predicted octanol–water partition coefficient (Wildman–Crippen LogP) is 4.03. The lowest BCUT2D eigenvalue weighted by Crippen LogP contribution is -2.38. The second-order valence-electron chi connectivity index (χ2n) is 7.09. The van der Waals surface area contributed by atoms with Crippen LogP contribution in [0.5, 0.6) is 0 Å². The summed E-state index contributed by atoms with van der Waals surface area (Å²) >= 11 is 5.15. The molecule has 150 valence electrons. The Bertz CT molecular complexity index is 773. The van der Waals surface area contributed by atoms with Crippen LogP contribution >= 0.6 is 27.3 Å². The Morgan fingerprint density at radius 3 is 2.50 bits per heavy atom. The lowest BCUT2D eigenvalue weighted by molar-refractivity contribution is -0.123. The highest BCUT2D eigenvalue weighted by Crippen LogP contribution is 2.28. The number of amides is 2. The van der Waals surface area contributed by atoms with Crippen LogP contribution in [0.2, 0.25) is 0 Å². The fraction of sp³-hybridized carbons (Fsp3) is 0.429. The number of thiophene rings is 1. The van der Waals surface area contributed by atoms with E-state index >= 15 is 0 Å². The topological polar surface area (TPSA) is 61.4 Å². The van der Waals surface area contributed by atoms with Crippen LogP contribution in [0.15, 0.2) is 46.3 Å². The maximum Gasteiger partial charge on any atom is 0.222 e. The molecular weight excluding hydrogens is 438 g/mol. The van der Waals surface area contributed by atoms with Crippen LogP contribution in [0, 0.1) is 0 Å². The SMILES string of the molecule is CC(=O)NC(CC(=O)NCC(c1cccs1)N1CCCC1)c1ccc(Br)cc1. The second kappa shape index (κ2) is 10.2. The Morgan fingerprint density at radius 2 is 1.89 bits per heavy atom. The van der Waals surface area contributed by atoms with Gasteiger partial charge in [-0.1, -0.05) is 34.1 Å². The maximum atomic E-state index is 12.7. The molecule has 0 aliphatic carbocycles. The van der Waals surface area contributed by atoms with Gasteiger partial charge in [-0.3, -0.25) is 14.5 Å². The molecule has 2 unspecified atom stereocenters. The van der Waals surface area contributed by atoms with Crippen molar-refractivity contribution >= 4 is 39.1 Å². The smallest absolute Gasteiger partial charge is 0.222 e. The summed E-state index contributed by atoms with van der Waals surface area (Å²) in [5, 5.41) is 8.08. The van der Waals surface area contributed by atoms with Gasteiger partial charge in [0, 0.05) is 22.8 Å². The number of nitrogens with one attached hydrogen (secondary N) is 2. The third-order valence-corrected chi connectivity index (χ3v) is 6.49. The van der Waals surface area contributed by atoms with Gasteiger partial charge in [0.2, 0.25) is 11.8 Å². The van der Waals surface area contributed by atoms with Gasteiger partial charge in [-0.2, -0.15) is 0 Å². The van der Waals surface area contributed by atoms with Gasteiger partial charge in [0.1, 0.15) is 0 Å². The number of carbonyl (C=O) groups is 2. The molecule has 5 nitrogen and oxygen atoms in total. The zero-order valence-electron chi connectivity index (χ0n) is 16.0. The van der Waals surface area contributed by atoms with E-state index in [2.05, 4.69) is 49.0 Å². The average Bonchev–Trinajstić information content (AvgIpc) is 3.36. The normalized spacial score (nSPS) is 16.5. The van der Waals surface area contributed by atoms with Gasteiger partial charge in [0.25, 0.3) is 0 Å². The van der Waals surface area contributed by atoms with Crippen LogP contribution in [0.3, 0.4) is 0 Å². The molecule has 1 aliphatic rings. The molecule has 0 spiro atoms. The third kappa shape index (κ3) is 5.90. The fourth-order valence-corrected chi connectivity index (χ4v) is 4.73. The van der Waals surface area contributed by atoms with Crippen LogP contribution in [0.4, 0.5) is 0 Å². The largest absolute Gasteiger partial charge is 0.354 e. The van der Waals surface area contributed by atoms with E-state index < -0.39 is 0 Å². The molecule has 2 heterocycles. The Hall–Kier alpha value is -1.70. The Kier molecular flexibility index (Phi) is 7.65. The van der Waals surface area contributed by atoms with E-state index in [0.717, 1.165) is 23.1 Å². The van der Waals surface area contributed by atoms with Crippen LogP contribution in [-0.4, -0.2) is 36.3 Å². The van der Waals surface area contributed by atoms with E-state index in [-0.39, 0.29) is 30.3 Å². The van der Waals surface area contributed by atoms with Gasteiger partial charge >= 0.3 is 0 Å². The van der Waals surface area contributed by atoms with E-state index in [1.54, 1.807) is 11.3 Å². The third-order valence-electron chi connectivity index (χ3n) is 4.99. The van der Waals surface area contributed by atoms with Gasteiger partial charge in [0.05, 0.1) is 18.5 Å². The summed E-state index contributed by atoms with van der Waals surface area (Å²) in [6, 6.07) is 11.8. The van der Waals surface area contributed by atoms with Crippen molar-refractivity contribution in [2.45, 2.75) is 38.3 Å². The summed E-state index contributed by atoms with van der Waals surface area (Å²) in [6.07, 6.45) is 2.65. The van der Waals surface area contributed by atoms with Gasteiger partial charge < -0.3 is 10.6 Å². The molecule has 7 heteroatoms. The number of carbonyl (C=O) groups excluding carboxylic acids is 2. The van der Waals surface area contributed by atoms with E-state index in [0.29, 0.717) is 6.54 Å². The Morgan fingerprint density at radius 1 is 1.18 bits per heavy atom. The monoisotopic (exact) mass is 463 g/mol. The molecule has 1 fully saturated rings. The number of hydrogen-bond donors (Lipinski definition) is 2. The molecular formula is C21H26BrN3O2S. The summed E-state index contributed by atoms with van der Waals surface area (Å²) in [5.41, 5.74) is 0.919. The maximum absolute atomic E-state index is 12.7. The number of rotatable bonds is 8. The minimum Gasteiger partial charge on any atom is -0.354 e. The lowest BCUT2D eigenvalue weighted by atomic mass is 10.0. The van der Waals surface area contributed by atoms with E-state index in [1.807, 2.05) is 24.3 Å². The molecule has 2 N–H and O–H groups in total. The first-order valence-corrected chi connectivity index (χ1v) is 11.3. The molecule has 28 heavy (non-hydrogen) atoms.